The van der Waals surface area contributed by atoms with Gasteiger partial charge in [-0.25, -0.2) is 8.42 Å². The highest BCUT2D eigenvalue weighted by Gasteiger charge is 2.23. The van der Waals surface area contributed by atoms with Crippen LogP contribution in [0.1, 0.15) is 40.6 Å². The number of anilines is 2. The highest BCUT2D eigenvalue weighted by molar-refractivity contribution is 7.92. The maximum atomic E-state index is 12.9. The second kappa shape index (κ2) is 9.76. The number of sulfonamides is 1. The fraction of sp³-hybridized carbons (Fsp3) is 0.250. The van der Waals surface area contributed by atoms with Gasteiger partial charge in [0.05, 0.1) is 9.77 Å². The van der Waals surface area contributed by atoms with Crippen molar-refractivity contribution in [3.05, 3.63) is 76.0 Å². The minimum absolute atomic E-state index is 0.00671. The van der Waals surface area contributed by atoms with E-state index in [4.69, 9.17) is 0 Å². The first-order valence-corrected chi connectivity index (χ1v) is 13.1. The highest BCUT2D eigenvalue weighted by Crippen LogP contribution is 2.26. The maximum Gasteiger partial charge on any atom is 0.264 e. The summed E-state index contributed by atoms with van der Waals surface area (Å²) in [5.41, 5.74) is 3.04. The number of thiophene rings is 1. The summed E-state index contributed by atoms with van der Waals surface area (Å²) in [6.07, 6.45) is 1.88. The molecular weight excluding hydrogens is 458 g/mol. The van der Waals surface area contributed by atoms with Crippen LogP contribution in [0.4, 0.5) is 11.4 Å². The number of hydrogen-bond acceptors (Lipinski definition) is 5. The zero-order valence-corrected chi connectivity index (χ0v) is 19.8. The molecule has 4 rings (SSSR count). The van der Waals surface area contributed by atoms with Crippen LogP contribution in [0.15, 0.2) is 64.9 Å². The van der Waals surface area contributed by atoms with Gasteiger partial charge in [-0.15, -0.1) is 11.3 Å². The Morgan fingerprint density at radius 2 is 1.79 bits per heavy atom. The van der Waals surface area contributed by atoms with Crippen molar-refractivity contribution in [3.63, 3.8) is 0 Å². The van der Waals surface area contributed by atoms with Crippen LogP contribution < -0.4 is 10.0 Å². The van der Waals surface area contributed by atoms with E-state index in [2.05, 4.69) is 10.0 Å². The number of carbonyl (C=O) groups is 2. The van der Waals surface area contributed by atoms with E-state index in [-0.39, 0.29) is 16.7 Å². The van der Waals surface area contributed by atoms with Gasteiger partial charge in [0.25, 0.3) is 15.9 Å². The van der Waals surface area contributed by atoms with E-state index in [1.165, 1.54) is 23.5 Å². The lowest BCUT2D eigenvalue weighted by Gasteiger charge is -2.29. The number of hydrogen-bond donors (Lipinski definition) is 2. The zero-order chi connectivity index (χ0) is 23.4. The predicted molar refractivity (Wildman–Crippen MR) is 130 cm³/mol. The fourth-order valence-corrected chi connectivity index (χ4v) is 5.47. The second-order valence-corrected chi connectivity index (χ2v) is 10.5. The minimum Gasteiger partial charge on any atom is -0.333 e. The molecule has 0 atom stereocenters. The standard InChI is InChI=1S/C24H25N3O4S2/c1-2-4-23(28)25-19-8-10-21(11-9-19)33(30,31)26-20-7-6-17-12-13-27(16-18(17)15-20)24(29)22-5-3-14-32-22/h3,5-11,14-15,26H,2,4,12-13,16H2,1H3,(H,25,28). The Hall–Kier alpha value is -3.17. The Kier molecular flexibility index (Phi) is 6.80. The molecule has 2 N–H and O–H groups in total. The van der Waals surface area contributed by atoms with Crippen LogP contribution in [0.3, 0.4) is 0 Å². The second-order valence-electron chi connectivity index (χ2n) is 7.87. The molecule has 0 radical (unpaired) electrons. The van der Waals surface area contributed by atoms with Crippen molar-refractivity contribution >= 4 is 44.5 Å². The largest absolute Gasteiger partial charge is 0.333 e. The van der Waals surface area contributed by atoms with Crippen LogP contribution >= 0.6 is 11.3 Å². The molecule has 0 fully saturated rings. The van der Waals surface area contributed by atoms with Crippen molar-refractivity contribution in [3.8, 4) is 0 Å². The van der Waals surface area contributed by atoms with E-state index in [0.717, 1.165) is 24.0 Å². The molecule has 1 aliphatic heterocycles. The van der Waals surface area contributed by atoms with Gasteiger partial charge in [0, 0.05) is 30.9 Å². The van der Waals surface area contributed by atoms with E-state index in [0.29, 0.717) is 35.8 Å². The van der Waals surface area contributed by atoms with Crippen molar-refractivity contribution in [2.24, 2.45) is 0 Å². The lowest BCUT2D eigenvalue weighted by Crippen LogP contribution is -2.35. The highest BCUT2D eigenvalue weighted by atomic mass is 32.2. The Balaban J connectivity index is 1.46. The van der Waals surface area contributed by atoms with Gasteiger partial charge >= 0.3 is 0 Å². The summed E-state index contributed by atoms with van der Waals surface area (Å²) < 4.78 is 28.4. The summed E-state index contributed by atoms with van der Waals surface area (Å²) in [4.78, 5) is 27.0. The van der Waals surface area contributed by atoms with Crippen LogP contribution in [0.5, 0.6) is 0 Å². The third-order valence-corrected chi connectivity index (χ3v) is 7.67. The van der Waals surface area contributed by atoms with Crippen LogP contribution in [0.25, 0.3) is 0 Å². The van der Waals surface area contributed by atoms with Crippen molar-refractivity contribution in [2.45, 2.75) is 37.6 Å². The molecule has 0 unspecified atom stereocenters. The number of fused-ring (bicyclic) bond motifs is 1. The molecule has 7 nitrogen and oxygen atoms in total. The summed E-state index contributed by atoms with van der Waals surface area (Å²) in [6.45, 7) is 2.99. The Bertz CT molecular complexity index is 1250. The van der Waals surface area contributed by atoms with Gasteiger partial charge in [0.1, 0.15) is 0 Å². The topological polar surface area (TPSA) is 95.6 Å². The Morgan fingerprint density at radius 3 is 2.48 bits per heavy atom. The number of rotatable bonds is 7. The van der Waals surface area contributed by atoms with Crippen molar-refractivity contribution in [2.75, 3.05) is 16.6 Å². The van der Waals surface area contributed by atoms with Crippen molar-refractivity contribution in [1.82, 2.24) is 4.90 Å². The lowest BCUT2D eigenvalue weighted by molar-refractivity contribution is -0.116. The number of carbonyl (C=O) groups excluding carboxylic acids is 2. The molecule has 0 aliphatic carbocycles. The first-order valence-electron chi connectivity index (χ1n) is 10.7. The smallest absolute Gasteiger partial charge is 0.264 e. The lowest BCUT2D eigenvalue weighted by atomic mass is 9.99. The molecule has 0 spiro atoms. The number of nitrogens with zero attached hydrogens (tertiary/aromatic N) is 1. The van der Waals surface area contributed by atoms with Gasteiger partial charge in [0.15, 0.2) is 0 Å². The normalized spacial score (nSPS) is 13.3. The SMILES string of the molecule is CCCC(=O)Nc1ccc(S(=O)(=O)Nc2ccc3c(c2)CN(C(=O)c2cccs2)CC3)cc1. The van der Waals surface area contributed by atoms with E-state index in [1.807, 2.05) is 30.5 Å². The van der Waals surface area contributed by atoms with Gasteiger partial charge in [-0.3, -0.25) is 14.3 Å². The van der Waals surface area contributed by atoms with Gasteiger partial charge in [0.2, 0.25) is 5.91 Å². The van der Waals surface area contributed by atoms with Crippen molar-refractivity contribution in [1.29, 1.82) is 0 Å². The van der Waals surface area contributed by atoms with E-state index >= 15 is 0 Å². The molecule has 1 aliphatic rings. The van der Waals surface area contributed by atoms with Crippen LogP contribution in [-0.2, 0) is 27.8 Å². The molecule has 1 aromatic heterocycles. The van der Waals surface area contributed by atoms with E-state index in [1.54, 1.807) is 29.2 Å². The number of benzene rings is 2. The first-order chi connectivity index (χ1) is 15.9. The number of nitrogens with one attached hydrogen (secondary N) is 2. The van der Waals surface area contributed by atoms with Gasteiger partial charge in [-0.1, -0.05) is 19.1 Å². The molecule has 9 heteroatoms. The molecular formula is C24H25N3O4S2. The average molecular weight is 484 g/mol. The number of amides is 2. The van der Waals surface area contributed by atoms with Gasteiger partial charge in [-0.05, 0) is 71.8 Å². The molecule has 33 heavy (non-hydrogen) atoms. The van der Waals surface area contributed by atoms with E-state index in [9.17, 15) is 18.0 Å². The minimum atomic E-state index is -3.80. The van der Waals surface area contributed by atoms with Gasteiger partial charge < -0.3 is 10.2 Å². The van der Waals surface area contributed by atoms with Gasteiger partial charge in [-0.2, -0.15) is 0 Å². The van der Waals surface area contributed by atoms with Crippen LogP contribution in [0, 0.1) is 0 Å². The first kappa shape index (κ1) is 23.0. The summed E-state index contributed by atoms with van der Waals surface area (Å²) >= 11 is 1.41. The summed E-state index contributed by atoms with van der Waals surface area (Å²) in [5, 5.41) is 4.62. The molecule has 172 valence electrons. The summed E-state index contributed by atoms with van der Waals surface area (Å²) in [7, 11) is -3.80. The molecule has 0 saturated carbocycles. The van der Waals surface area contributed by atoms with Crippen molar-refractivity contribution < 1.29 is 18.0 Å². The summed E-state index contributed by atoms with van der Waals surface area (Å²) in [5.74, 6) is -0.111. The molecule has 2 amide bonds. The maximum absolute atomic E-state index is 12.9. The zero-order valence-electron chi connectivity index (χ0n) is 18.2. The molecule has 0 bridgehead atoms. The summed E-state index contributed by atoms with van der Waals surface area (Å²) in [6, 6.07) is 15.2. The third-order valence-electron chi connectivity index (χ3n) is 5.42. The monoisotopic (exact) mass is 483 g/mol. The molecule has 0 saturated heterocycles. The third kappa shape index (κ3) is 5.43. The van der Waals surface area contributed by atoms with Crippen LogP contribution in [0.2, 0.25) is 0 Å². The molecule has 2 heterocycles. The molecule has 2 aromatic carbocycles. The Labute approximate surface area is 197 Å². The average Bonchev–Trinajstić information content (AvgIpc) is 3.33. The fourth-order valence-electron chi connectivity index (χ4n) is 3.73. The molecule has 3 aromatic rings. The predicted octanol–water partition coefficient (Wildman–Crippen LogP) is 4.49. The quantitative estimate of drug-likeness (QED) is 0.518. The van der Waals surface area contributed by atoms with Crippen LogP contribution in [-0.4, -0.2) is 31.7 Å². The van der Waals surface area contributed by atoms with E-state index < -0.39 is 10.0 Å². The Morgan fingerprint density at radius 1 is 1.03 bits per heavy atom.